The summed E-state index contributed by atoms with van der Waals surface area (Å²) in [5, 5.41) is 2.41. The van der Waals surface area contributed by atoms with Crippen molar-refractivity contribution in [3.05, 3.63) is 36.4 Å². The third-order valence-corrected chi connectivity index (χ3v) is 3.63. The Hall–Kier alpha value is -2.20. The molecule has 3 aromatic rings. The van der Waals surface area contributed by atoms with Crippen molar-refractivity contribution < 1.29 is 9.47 Å². The Morgan fingerprint density at radius 3 is 1.80 bits per heavy atom. The first kappa shape index (κ1) is 12.8. The number of aromatic nitrogens is 1. The van der Waals surface area contributed by atoms with E-state index in [-0.39, 0.29) is 0 Å². The molecule has 0 radical (unpaired) electrons. The van der Waals surface area contributed by atoms with E-state index in [9.17, 15) is 0 Å². The second-order valence-corrected chi connectivity index (χ2v) is 4.71. The normalized spacial score (nSPS) is 11.2. The Morgan fingerprint density at radius 2 is 1.40 bits per heavy atom. The van der Waals surface area contributed by atoms with Gasteiger partial charge in [-0.05, 0) is 24.3 Å². The Kier molecular flexibility index (Phi) is 3.24. The molecule has 0 amide bonds. The van der Waals surface area contributed by atoms with Gasteiger partial charge in [-0.3, -0.25) is 0 Å². The van der Waals surface area contributed by atoms with Crippen LogP contribution in [0.5, 0.6) is 11.5 Å². The molecular weight excluding hydrogens is 252 g/mol. The largest absolute Gasteiger partial charge is 0.497 e. The van der Waals surface area contributed by atoms with E-state index in [1.165, 1.54) is 10.8 Å². The number of nitrogens with two attached hydrogens (primary N) is 1. The van der Waals surface area contributed by atoms with Crippen LogP contribution < -0.4 is 15.2 Å². The van der Waals surface area contributed by atoms with Crippen LogP contribution in [0.2, 0.25) is 0 Å². The fraction of sp³-hybridized carbons (Fsp3) is 0.250. The molecule has 0 spiro atoms. The van der Waals surface area contributed by atoms with Crippen LogP contribution in [0.3, 0.4) is 0 Å². The second kappa shape index (κ2) is 5.06. The summed E-state index contributed by atoms with van der Waals surface area (Å²) in [5.41, 5.74) is 8.03. The molecule has 0 aliphatic carbocycles. The number of fused-ring (bicyclic) bond motifs is 3. The van der Waals surface area contributed by atoms with Gasteiger partial charge in [0.15, 0.2) is 0 Å². The molecule has 2 aromatic carbocycles. The average molecular weight is 270 g/mol. The first-order valence-corrected chi connectivity index (χ1v) is 6.62. The summed E-state index contributed by atoms with van der Waals surface area (Å²) in [7, 11) is 3.36. The SMILES string of the molecule is COc1ccc2c3ccc(OC)cc3n(CCN)c2c1. The lowest BCUT2D eigenvalue weighted by Gasteiger charge is -2.07. The molecule has 0 fully saturated rings. The highest BCUT2D eigenvalue weighted by Crippen LogP contribution is 2.33. The fourth-order valence-corrected chi connectivity index (χ4v) is 2.68. The van der Waals surface area contributed by atoms with Crippen molar-refractivity contribution in [1.82, 2.24) is 4.57 Å². The standard InChI is InChI=1S/C16H18N2O2/c1-19-11-3-5-13-14-6-4-12(20-2)10-16(14)18(8-7-17)15(13)9-11/h3-6,9-10H,7-8,17H2,1-2H3. The van der Waals surface area contributed by atoms with Gasteiger partial charge in [0, 0.05) is 36.0 Å². The minimum Gasteiger partial charge on any atom is -0.497 e. The maximum Gasteiger partial charge on any atom is 0.120 e. The summed E-state index contributed by atoms with van der Waals surface area (Å²) in [6.07, 6.45) is 0. The molecule has 4 nitrogen and oxygen atoms in total. The van der Waals surface area contributed by atoms with Gasteiger partial charge in [-0.15, -0.1) is 0 Å². The molecule has 0 aliphatic rings. The molecule has 4 heteroatoms. The van der Waals surface area contributed by atoms with E-state index in [1.54, 1.807) is 14.2 Å². The number of hydrogen-bond donors (Lipinski definition) is 1. The predicted molar refractivity (Wildman–Crippen MR) is 81.6 cm³/mol. The third kappa shape index (κ3) is 1.89. The van der Waals surface area contributed by atoms with Crippen LogP contribution in [0.25, 0.3) is 21.8 Å². The second-order valence-electron chi connectivity index (χ2n) is 4.71. The highest BCUT2D eigenvalue weighted by atomic mass is 16.5. The summed E-state index contributed by atoms with van der Waals surface area (Å²) in [6, 6.07) is 12.3. The van der Waals surface area contributed by atoms with E-state index in [4.69, 9.17) is 15.2 Å². The zero-order valence-electron chi connectivity index (χ0n) is 11.7. The van der Waals surface area contributed by atoms with Crippen molar-refractivity contribution in [2.24, 2.45) is 5.73 Å². The van der Waals surface area contributed by atoms with E-state index in [0.29, 0.717) is 6.54 Å². The summed E-state index contributed by atoms with van der Waals surface area (Å²) in [4.78, 5) is 0. The summed E-state index contributed by atoms with van der Waals surface area (Å²) in [6.45, 7) is 1.35. The predicted octanol–water partition coefficient (Wildman–Crippen LogP) is 2.77. The van der Waals surface area contributed by atoms with Gasteiger partial charge in [0.05, 0.1) is 25.3 Å². The molecule has 0 saturated heterocycles. The van der Waals surface area contributed by atoms with Crippen molar-refractivity contribution in [3.8, 4) is 11.5 Å². The number of nitrogens with zero attached hydrogens (tertiary/aromatic N) is 1. The van der Waals surface area contributed by atoms with Crippen LogP contribution in [-0.4, -0.2) is 25.3 Å². The summed E-state index contributed by atoms with van der Waals surface area (Å²) in [5.74, 6) is 1.70. The molecular formula is C16H18N2O2. The molecule has 2 N–H and O–H groups in total. The quantitative estimate of drug-likeness (QED) is 0.793. The lowest BCUT2D eigenvalue weighted by atomic mass is 10.1. The maximum absolute atomic E-state index is 5.76. The monoisotopic (exact) mass is 270 g/mol. The average Bonchev–Trinajstić information content (AvgIpc) is 2.80. The highest BCUT2D eigenvalue weighted by molar-refractivity contribution is 6.08. The van der Waals surface area contributed by atoms with Crippen LogP contribution in [0.1, 0.15) is 0 Å². The zero-order chi connectivity index (χ0) is 14.1. The van der Waals surface area contributed by atoms with Gasteiger partial charge < -0.3 is 19.8 Å². The molecule has 104 valence electrons. The van der Waals surface area contributed by atoms with E-state index < -0.39 is 0 Å². The van der Waals surface area contributed by atoms with Gasteiger partial charge in [0.1, 0.15) is 11.5 Å². The fourth-order valence-electron chi connectivity index (χ4n) is 2.68. The minimum absolute atomic E-state index is 0.591. The van der Waals surface area contributed by atoms with Crippen LogP contribution >= 0.6 is 0 Å². The lowest BCUT2D eigenvalue weighted by molar-refractivity contribution is 0.415. The number of benzene rings is 2. The highest BCUT2D eigenvalue weighted by Gasteiger charge is 2.11. The van der Waals surface area contributed by atoms with E-state index in [2.05, 4.69) is 28.8 Å². The molecule has 0 unspecified atom stereocenters. The third-order valence-electron chi connectivity index (χ3n) is 3.63. The molecule has 1 heterocycles. The van der Waals surface area contributed by atoms with Gasteiger partial charge in [-0.25, -0.2) is 0 Å². The van der Waals surface area contributed by atoms with Gasteiger partial charge in [0.25, 0.3) is 0 Å². The molecule has 20 heavy (non-hydrogen) atoms. The summed E-state index contributed by atoms with van der Waals surface area (Å²) >= 11 is 0. The Balaban J connectivity index is 2.38. The van der Waals surface area contributed by atoms with Gasteiger partial charge in [-0.2, -0.15) is 0 Å². The zero-order valence-corrected chi connectivity index (χ0v) is 11.7. The number of methoxy groups -OCH3 is 2. The van der Waals surface area contributed by atoms with E-state index in [0.717, 1.165) is 29.1 Å². The van der Waals surface area contributed by atoms with Gasteiger partial charge in [-0.1, -0.05) is 0 Å². The molecule has 0 saturated carbocycles. The lowest BCUT2D eigenvalue weighted by Crippen LogP contribution is -2.09. The van der Waals surface area contributed by atoms with Crippen LogP contribution in [0.4, 0.5) is 0 Å². The van der Waals surface area contributed by atoms with Crippen LogP contribution in [0.15, 0.2) is 36.4 Å². The van der Waals surface area contributed by atoms with Crippen molar-refractivity contribution >= 4 is 21.8 Å². The maximum atomic E-state index is 5.76. The number of ether oxygens (including phenoxy) is 2. The summed E-state index contributed by atoms with van der Waals surface area (Å²) < 4.78 is 12.9. The van der Waals surface area contributed by atoms with Crippen LogP contribution in [-0.2, 0) is 6.54 Å². The molecule has 3 rings (SSSR count). The first-order valence-electron chi connectivity index (χ1n) is 6.62. The Morgan fingerprint density at radius 1 is 0.900 bits per heavy atom. The molecule has 0 atom stereocenters. The molecule has 0 aliphatic heterocycles. The first-order chi connectivity index (χ1) is 9.78. The number of rotatable bonds is 4. The smallest absolute Gasteiger partial charge is 0.120 e. The van der Waals surface area contributed by atoms with Gasteiger partial charge in [0.2, 0.25) is 0 Å². The van der Waals surface area contributed by atoms with Crippen molar-refractivity contribution in [3.63, 3.8) is 0 Å². The minimum atomic E-state index is 0.591. The Labute approximate surface area is 117 Å². The van der Waals surface area contributed by atoms with Crippen molar-refractivity contribution in [2.45, 2.75) is 6.54 Å². The van der Waals surface area contributed by atoms with Gasteiger partial charge >= 0.3 is 0 Å². The van der Waals surface area contributed by atoms with Crippen molar-refractivity contribution in [2.75, 3.05) is 20.8 Å². The molecule has 0 bridgehead atoms. The number of hydrogen-bond acceptors (Lipinski definition) is 3. The topological polar surface area (TPSA) is 49.4 Å². The Bertz CT molecular complexity index is 701. The molecule has 1 aromatic heterocycles. The van der Waals surface area contributed by atoms with E-state index >= 15 is 0 Å². The van der Waals surface area contributed by atoms with Crippen molar-refractivity contribution in [1.29, 1.82) is 0 Å². The van der Waals surface area contributed by atoms with E-state index in [1.807, 2.05) is 12.1 Å². The van der Waals surface area contributed by atoms with Crippen LogP contribution in [0, 0.1) is 0 Å².